The average molecular weight is 265 g/mol. The van der Waals surface area contributed by atoms with Crippen LogP contribution in [0.5, 0.6) is 0 Å². The Morgan fingerprint density at radius 3 is 2.58 bits per heavy atom. The van der Waals surface area contributed by atoms with Gasteiger partial charge in [0.15, 0.2) is 0 Å². The van der Waals surface area contributed by atoms with Crippen molar-refractivity contribution in [3.8, 4) is 0 Å². The number of aromatic nitrogens is 2. The molecule has 104 valence electrons. The van der Waals surface area contributed by atoms with Crippen LogP contribution in [0.25, 0.3) is 0 Å². The number of amides is 2. The summed E-state index contributed by atoms with van der Waals surface area (Å²) in [5, 5.41) is 6.87. The van der Waals surface area contributed by atoms with Crippen molar-refractivity contribution in [1.29, 1.82) is 0 Å². The number of nitrogens with one attached hydrogen (secondary N) is 1. The van der Waals surface area contributed by atoms with E-state index in [1.54, 1.807) is 11.0 Å². The number of piperazine rings is 1. The second-order valence-electron chi connectivity index (χ2n) is 4.67. The van der Waals surface area contributed by atoms with Crippen molar-refractivity contribution in [2.75, 3.05) is 32.7 Å². The molecule has 0 radical (unpaired) electrons. The van der Waals surface area contributed by atoms with Gasteiger partial charge in [-0.15, -0.1) is 0 Å². The molecule has 0 unspecified atom stereocenters. The first-order valence-corrected chi connectivity index (χ1v) is 6.44. The molecule has 0 aliphatic carbocycles. The van der Waals surface area contributed by atoms with Crippen LogP contribution in [0.1, 0.15) is 23.1 Å². The highest BCUT2D eigenvalue weighted by molar-refractivity contribution is 5.92. The molecule has 1 saturated heterocycles. The molecule has 2 heterocycles. The number of rotatable bonds is 4. The van der Waals surface area contributed by atoms with E-state index in [-0.39, 0.29) is 18.4 Å². The van der Waals surface area contributed by atoms with Crippen molar-refractivity contribution in [3.63, 3.8) is 0 Å². The highest BCUT2D eigenvalue weighted by Crippen LogP contribution is 2.08. The predicted molar refractivity (Wildman–Crippen MR) is 69.5 cm³/mol. The van der Waals surface area contributed by atoms with Gasteiger partial charge < -0.3 is 10.6 Å². The Bertz CT molecular complexity index is 462. The van der Waals surface area contributed by atoms with E-state index in [1.807, 2.05) is 11.8 Å². The van der Waals surface area contributed by atoms with E-state index in [0.29, 0.717) is 31.9 Å². The molecular formula is C12H19N5O2. The highest BCUT2D eigenvalue weighted by Gasteiger charge is 2.24. The summed E-state index contributed by atoms with van der Waals surface area (Å²) in [5.74, 6) is -0.394. The number of nitrogens with two attached hydrogens (primary N) is 1. The fraction of sp³-hybridized carbons (Fsp3) is 0.583. The van der Waals surface area contributed by atoms with E-state index in [2.05, 4.69) is 10.2 Å². The number of hydrogen-bond acceptors (Lipinski definition) is 4. The van der Waals surface area contributed by atoms with Gasteiger partial charge in [-0.05, 0) is 12.5 Å². The number of nitrogens with zero attached hydrogens (tertiary/aromatic N) is 3. The number of primary amides is 1. The largest absolute Gasteiger partial charge is 0.369 e. The normalized spacial score (nSPS) is 16.6. The van der Waals surface area contributed by atoms with Crippen LogP contribution in [0.4, 0.5) is 0 Å². The molecule has 7 nitrogen and oxygen atoms in total. The molecule has 1 fully saturated rings. The van der Waals surface area contributed by atoms with Crippen molar-refractivity contribution in [1.82, 2.24) is 20.0 Å². The molecule has 0 spiro atoms. The van der Waals surface area contributed by atoms with Crippen LogP contribution in [0, 0.1) is 0 Å². The van der Waals surface area contributed by atoms with Gasteiger partial charge in [0.25, 0.3) is 5.91 Å². The Morgan fingerprint density at radius 2 is 2.05 bits per heavy atom. The minimum Gasteiger partial charge on any atom is -0.369 e. The van der Waals surface area contributed by atoms with Crippen LogP contribution in [-0.4, -0.2) is 64.5 Å². The maximum absolute atomic E-state index is 12.2. The molecule has 0 bridgehead atoms. The van der Waals surface area contributed by atoms with E-state index < -0.39 is 0 Å². The van der Waals surface area contributed by atoms with Crippen molar-refractivity contribution in [2.45, 2.75) is 13.3 Å². The first kappa shape index (κ1) is 13.5. The summed E-state index contributed by atoms with van der Waals surface area (Å²) in [4.78, 5) is 26.7. The molecule has 2 amide bonds. The van der Waals surface area contributed by atoms with Gasteiger partial charge in [-0.2, -0.15) is 5.10 Å². The van der Waals surface area contributed by atoms with Crippen molar-refractivity contribution in [2.24, 2.45) is 5.73 Å². The third kappa shape index (κ3) is 3.31. The van der Waals surface area contributed by atoms with Gasteiger partial charge in [-0.25, -0.2) is 0 Å². The molecule has 1 aliphatic heterocycles. The van der Waals surface area contributed by atoms with Gasteiger partial charge >= 0.3 is 0 Å². The first-order chi connectivity index (χ1) is 9.10. The summed E-state index contributed by atoms with van der Waals surface area (Å²) < 4.78 is 0. The molecule has 1 aliphatic rings. The highest BCUT2D eigenvalue weighted by atomic mass is 16.2. The number of carbonyl (C=O) groups excluding carboxylic acids is 2. The number of hydrogen-bond donors (Lipinski definition) is 2. The van der Waals surface area contributed by atoms with Crippen LogP contribution < -0.4 is 5.73 Å². The summed E-state index contributed by atoms with van der Waals surface area (Å²) in [6, 6.07) is 1.79. The van der Waals surface area contributed by atoms with Gasteiger partial charge in [0.1, 0.15) is 5.69 Å². The Kier molecular flexibility index (Phi) is 4.16. The Labute approximate surface area is 111 Å². The maximum Gasteiger partial charge on any atom is 0.274 e. The van der Waals surface area contributed by atoms with Crippen LogP contribution in [0.2, 0.25) is 0 Å². The molecule has 2 rings (SSSR count). The van der Waals surface area contributed by atoms with E-state index in [1.165, 1.54) is 0 Å². The second-order valence-corrected chi connectivity index (χ2v) is 4.67. The molecule has 7 heteroatoms. The average Bonchev–Trinajstić information content (AvgIpc) is 2.87. The summed E-state index contributed by atoms with van der Waals surface area (Å²) in [6.07, 6.45) is 0.826. The van der Waals surface area contributed by atoms with Gasteiger partial charge in [0, 0.05) is 31.9 Å². The van der Waals surface area contributed by atoms with E-state index in [9.17, 15) is 9.59 Å². The monoisotopic (exact) mass is 265 g/mol. The lowest BCUT2D eigenvalue weighted by molar-refractivity contribution is -0.119. The topological polar surface area (TPSA) is 95.3 Å². The van der Waals surface area contributed by atoms with Gasteiger partial charge in [0.2, 0.25) is 5.91 Å². The summed E-state index contributed by atoms with van der Waals surface area (Å²) in [6.45, 7) is 4.79. The number of aromatic amines is 1. The zero-order valence-electron chi connectivity index (χ0n) is 11.1. The molecule has 3 N–H and O–H groups in total. The lowest BCUT2D eigenvalue weighted by Gasteiger charge is -2.33. The van der Waals surface area contributed by atoms with Gasteiger partial charge in [-0.3, -0.25) is 19.6 Å². The molecule has 0 aromatic carbocycles. The molecular weight excluding hydrogens is 246 g/mol. The smallest absolute Gasteiger partial charge is 0.274 e. The van der Waals surface area contributed by atoms with Gasteiger partial charge in [0.05, 0.1) is 6.54 Å². The van der Waals surface area contributed by atoms with E-state index in [0.717, 1.165) is 12.1 Å². The molecule has 1 aromatic rings. The van der Waals surface area contributed by atoms with E-state index in [4.69, 9.17) is 5.73 Å². The summed E-state index contributed by atoms with van der Waals surface area (Å²) in [5.41, 5.74) is 6.56. The number of aryl methyl sites for hydroxylation is 1. The zero-order valence-corrected chi connectivity index (χ0v) is 11.1. The Morgan fingerprint density at radius 1 is 1.37 bits per heavy atom. The second kappa shape index (κ2) is 5.83. The maximum atomic E-state index is 12.2. The van der Waals surface area contributed by atoms with Crippen LogP contribution in [0.3, 0.4) is 0 Å². The molecule has 19 heavy (non-hydrogen) atoms. The summed E-state index contributed by atoms with van der Waals surface area (Å²) in [7, 11) is 0. The third-order valence-corrected chi connectivity index (χ3v) is 3.27. The van der Waals surface area contributed by atoms with E-state index >= 15 is 0 Å². The lowest BCUT2D eigenvalue weighted by atomic mass is 10.2. The van der Waals surface area contributed by atoms with Gasteiger partial charge in [-0.1, -0.05) is 6.92 Å². The zero-order chi connectivity index (χ0) is 13.8. The lowest BCUT2D eigenvalue weighted by Crippen LogP contribution is -2.50. The minimum absolute atomic E-state index is 0.0605. The number of H-pyrrole nitrogens is 1. The predicted octanol–water partition coefficient (Wildman–Crippen LogP) is -0.785. The fourth-order valence-corrected chi connectivity index (χ4v) is 2.14. The van der Waals surface area contributed by atoms with Crippen LogP contribution in [0.15, 0.2) is 6.07 Å². The quantitative estimate of drug-likeness (QED) is 0.746. The first-order valence-electron chi connectivity index (χ1n) is 6.44. The van der Waals surface area contributed by atoms with Crippen molar-refractivity contribution in [3.05, 3.63) is 17.5 Å². The molecule has 0 saturated carbocycles. The molecule has 0 atom stereocenters. The minimum atomic E-state index is -0.334. The van der Waals surface area contributed by atoms with Crippen LogP contribution in [-0.2, 0) is 11.2 Å². The standard InChI is InChI=1S/C12H19N5O2/c1-2-9-7-10(15-14-9)12(19)17-5-3-16(4-6-17)8-11(13)18/h7H,2-6,8H2,1H3,(H2,13,18)(H,14,15). The molecule has 1 aromatic heterocycles. The van der Waals surface area contributed by atoms with Crippen molar-refractivity contribution < 1.29 is 9.59 Å². The van der Waals surface area contributed by atoms with Crippen LogP contribution >= 0.6 is 0 Å². The summed E-state index contributed by atoms with van der Waals surface area (Å²) >= 11 is 0. The fourth-order valence-electron chi connectivity index (χ4n) is 2.14. The Balaban J connectivity index is 1.90. The third-order valence-electron chi connectivity index (χ3n) is 3.27. The Hall–Kier alpha value is -1.89. The number of carbonyl (C=O) groups is 2. The van der Waals surface area contributed by atoms with Crippen molar-refractivity contribution >= 4 is 11.8 Å². The SMILES string of the molecule is CCc1cc(C(=O)N2CCN(CC(N)=O)CC2)n[nH]1.